The van der Waals surface area contributed by atoms with Crippen LogP contribution < -0.4 is 0 Å². The molecule has 116 valence electrons. The highest BCUT2D eigenvalue weighted by molar-refractivity contribution is 6.71. The van der Waals surface area contributed by atoms with E-state index in [9.17, 15) is 5.11 Å². The molecule has 1 atom stereocenters. The van der Waals surface area contributed by atoms with Gasteiger partial charge >= 0.3 is 0 Å². The molecule has 0 aromatic carbocycles. The van der Waals surface area contributed by atoms with Gasteiger partial charge in [0.15, 0.2) is 14.6 Å². The molecule has 0 rings (SSSR count). The topological polar surface area (TPSA) is 47.9 Å². The van der Waals surface area contributed by atoms with Crippen molar-refractivity contribution in [3.8, 4) is 0 Å². The van der Waals surface area contributed by atoms with Crippen molar-refractivity contribution in [3.05, 3.63) is 0 Å². The summed E-state index contributed by atoms with van der Waals surface area (Å²) >= 11 is 0. The molecule has 0 saturated carbocycles. The van der Waals surface area contributed by atoms with Crippen LogP contribution in [0.15, 0.2) is 0 Å². The van der Waals surface area contributed by atoms with Gasteiger partial charge in [-0.25, -0.2) is 0 Å². The highest BCUT2D eigenvalue weighted by atomic mass is 28.4. The molecule has 0 spiro atoms. The molecule has 4 nitrogen and oxygen atoms in total. The monoisotopic (exact) mass is 292 g/mol. The Morgan fingerprint density at radius 2 is 1.53 bits per heavy atom. The molecule has 0 amide bonds. The molecule has 0 bridgehead atoms. The molecule has 0 saturated heterocycles. The minimum Gasteiger partial charge on any atom is -0.414 e. The van der Waals surface area contributed by atoms with Crippen LogP contribution in [0.3, 0.4) is 0 Å². The van der Waals surface area contributed by atoms with Crippen molar-refractivity contribution in [2.75, 3.05) is 19.8 Å². The third-order valence-corrected chi connectivity index (χ3v) is 5.44. The summed E-state index contributed by atoms with van der Waals surface area (Å²) < 4.78 is 16.7. The molecule has 0 aliphatic carbocycles. The number of rotatable bonds is 9. The van der Waals surface area contributed by atoms with Crippen molar-refractivity contribution in [3.63, 3.8) is 0 Å². The van der Waals surface area contributed by atoms with Crippen molar-refractivity contribution in [1.29, 1.82) is 0 Å². The zero-order valence-electron chi connectivity index (χ0n) is 13.7. The molecule has 0 aromatic rings. The smallest absolute Gasteiger partial charge is 0.187 e. The minimum atomic E-state index is -1.76. The predicted octanol–water partition coefficient (Wildman–Crippen LogP) is 3.01. The SMILES string of the molecule is CCOC(OCC)C(O)CO[Si](C)(C)CC(C)(C)C. The molecule has 5 heteroatoms. The third-order valence-electron chi connectivity index (χ3n) is 2.58. The lowest BCUT2D eigenvalue weighted by atomic mass is 10.0. The number of ether oxygens (including phenoxy) is 2. The summed E-state index contributed by atoms with van der Waals surface area (Å²) in [5.41, 5.74) is 0.250. The molecule has 0 aliphatic heterocycles. The van der Waals surface area contributed by atoms with Gasteiger partial charge in [-0.1, -0.05) is 20.8 Å². The van der Waals surface area contributed by atoms with Crippen molar-refractivity contribution in [2.24, 2.45) is 5.41 Å². The van der Waals surface area contributed by atoms with E-state index >= 15 is 0 Å². The van der Waals surface area contributed by atoms with Gasteiger partial charge in [-0.05, 0) is 38.4 Å². The second-order valence-corrected chi connectivity index (χ2v) is 10.8. The maximum atomic E-state index is 10.1. The van der Waals surface area contributed by atoms with E-state index in [-0.39, 0.29) is 12.0 Å². The minimum absolute atomic E-state index is 0.250. The van der Waals surface area contributed by atoms with Crippen LogP contribution in [-0.2, 0) is 13.9 Å². The Bertz CT molecular complexity index is 232. The maximum Gasteiger partial charge on any atom is 0.187 e. The number of hydrogen-bond acceptors (Lipinski definition) is 4. The Morgan fingerprint density at radius 3 is 1.89 bits per heavy atom. The largest absolute Gasteiger partial charge is 0.414 e. The van der Waals surface area contributed by atoms with Crippen molar-refractivity contribution in [2.45, 2.75) is 66.2 Å². The second-order valence-electron chi connectivity index (χ2n) is 6.65. The van der Waals surface area contributed by atoms with Gasteiger partial charge in [0.2, 0.25) is 0 Å². The van der Waals surface area contributed by atoms with E-state index in [0.29, 0.717) is 13.2 Å². The van der Waals surface area contributed by atoms with E-state index in [4.69, 9.17) is 13.9 Å². The molecule has 19 heavy (non-hydrogen) atoms. The van der Waals surface area contributed by atoms with Crippen LogP contribution >= 0.6 is 0 Å². The zero-order chi connectivity index (χ0) is 15.1. The van der Waals surface area contributed by atoms with Crippen LogP contribution in [-0.4, -0.2) is 45.6 Å². The number of hydrogen-bond donors (Lipinski definition) is 1. The summed E-state index contributed by atoms with van der Waals surface area (Å²) in [6.07, 6.45) is -1.32. The molecule has 1 unspecified atom stereocenters. The summed E-state index contributed by atoms with van der Waals surface area (Å²) in [7, 11) is -1.76. The molecule has 1 N–H and O–H groups in total. The van der Waals surface area contributed by atoms with Crippen LogP contribution in [0.5, 0.6) is 0 Å². The summed E-state index contributed by atoms with van der Waals surface area (Å²) in [4.78, 5) is 0. The standard InChI is InChI=1S/C14H32O4Si/c1-8-16-13(17-9-2)12(15)10-18-19(6,7)11-14(3,4)5/h12-13,15H,8-11H2,1-7H3. The van der Waals surface area contributed by atoms with E-state index in [2.05, 4.69) is 33.9 Å². The Kier molecular flexibility index (Phi) is 8.39. The first kappa shape index (κ1) is 19.1. The van der Waals surface area contributed by atoms with Gasteiger partial charge in [0, 0.05) is 13.2 Å². The summed E-state index contributed by atoms with van der Waals surface area (Å²) in [6.45, 7) is 16.1. The summed E-state index contributed by atoms with van der Waals surface area (Å²) in [5, 5.41) is 10.1. The van der Waals surface area contributed by atoms with Crippen LogP contribution in [0, 0.1) is 5.41 Å². The summed E-state index contributed by atoms with van der Waals surface area (Å²) in [5.74, 6) is 0. The van der Waals surface area contributed by atoms with Gasteiger partial charge in [-0.3, -0.25) is 0 Å². The molecular weight excluding hydrogens is 260 g/mol. The fraction of sp³-hybridized carbons (Fsp3) is 1.00. The number of aliphatic hydroxyl groups excluding tert-OH is 1. The lowest BCUT2D eigenvalue weighted by Gasteiger charge is -2.32. The highest BCUT2D eigenvalue weighted by Gasteiger charge is 2.31. The third kappa shape index (κ3) is 9.57. The van der Waals surface area contributed by atoms with Gasteiger partial charge in [0.1, 0.15) is 6.10 Å². The molecule has 0 radical (unpaired) electrons. The Labute approximate surface area is 119 Å². The first-order valence-electron chi connectivity index (χ1n) is 7.16. The van der Waals surface area contributed by atoms with Gasteiger partial charge in [-0.2, -0.15) is 0 Å². The van der Waals surface area contributed by atoms with E-state index in [1.54, 1.807) is 0 Å². The first-order valence-corrected chi connectivity index (χ1v) is 10.3. The highest BCUT2D eigenvalue weighted by Crippen LogP contribution is 2.28. The lowest BCUT2D eigenvalue weighted by molar-refractivity contribution is -0.195. The Hall–Kier alpha value is 0.0569. The Morgan fingerprint density at radius 1 is 1.05 bits per heavy atom. The number of aliphatic hydroxyl groups is 1. The molecule has 0 aromatic heterocycles. The van der Waals surface area contributed by atoms with Crippen molar-refractivity contribution < 1.29 is 19.0 Å². The van der Waals surface area contributed by atoms with Crippen molar-refractivity contribution >= 4 is 8.32 Å². The second kappa shape index (κ2) is 8.37. The Balaban J connectivity index is 4.28. The average molecular weight is 292 g/mol. The zero-order valence-corrected chi connectivity index (χ0v) is 14.7. The van der Waals surface area contributed by atoms with E-state index in [1.165, 1.54) is 0 Å². The van der Waals surface area contributed by atoms with Crippen LogP contribution in [0.2, 0.25) is 19.1 Å². The maximum absolute atomic E-state index is 10.1. The average Bonchev–Trinajstić information content (AvgIpc) is 2.22. The van der Waals surface area contributed by atoms with Gasteiger partial charge < -0.3 is 19.0 Å². The fourth-order valence-corrected chi connectivity index (χ4v) is 5.59. The molecule has 0 aliphatic rings. The quantitative estimate of drug-likeness (QED) is 0.524. The van der Waals surface area contributed by atoms with Crippen LogP contribution in [0.25, 0.3) is 0 Å². The van der Waals surface area contributed by atoms with Crippen LogP contribution in [0.4, 0.5) is 0 Å². The van der Waals surface area contributed by atoms with E-state index < -0.39 is 20.7 Å². The lowest BCUT2D eigenvalue weighted by Crippen LogP contribution is -2.42. The van der Waals surface area contributed by atoms with Crippen LogP contribution in [0.1, 0.15) is 34.6 Å². The van der Waals surface area contributed by atoms with E-state index in [0.717, 1.165) is 6.04 Å². The summed E-state index contributed by atoms with van der Waals surface area (Å²) in [6, 6.07) is 1.06. The predicted molar refractivity (Wildman–Crippen MR) is 80.7 cm³/mol. The van der Waals surface area contributed by atoms with Gasteiger partial charge in [0.05, 0.1) is 6.61 Å². The molecule has 0 heterocycles. The molecule has 0 fully saturated rings. The first-order chi connectivity index (χ1) is 8.61. The molecular formula is C14H32O4Si. The van der Waals surface area contributed by atoms with E-state index in [1.807, 2.05) is 13.8 Å². The van der Waals surface area contributed by atoms with Gasteiger partial charge in [0.25, 0.3) is 0 Å². The van der Waals surface area contributed by atoms with Crippen molar-refractivity contribution in [1.82, 2.24) is 0 Å². The fourth-order valence-electron chi connectivity index (χ4n) is 2.32. The van der Waals surface area contributed by atoms with Gasteiger partial charge in [-0.15, -0.1) is 0 Å². The normalized spacial score (nSPS) is 15.0.